The molecule has 0 fully saturated rings. The molecule has 0 aliphatic heterocycles. The smallest absolute Gasteiger partial charge is 0.192 e. The predicted molar refractivity (Wildman–Crippen MR) is 75.6 cm³/mol. The number of carbonyl (C=O) groups excluding carboxylic acids is 1. The van der Waals surface area contributed by atoms with Crippen molar-refractivity contribution in [3.63, 3.8) is 0 Å². The Bertz CT molecular complexity index is 628. The molecule has 94 valence electrons. The molecule has 0 amide bonds. The van der Waals surface area contributed by atoms with Crippen molar-refractivity contribution in [1.82, 2.24) is 14.9 Å². The topological polar surface area (TPSA) is 49.0 Å². The van der Waals surface area contributed by atoms with Crippen LogP contribution in [0.25, 0.3) is 10.9 Å². The number of halogens is 1. The van der Waals surface area contributed by atoms with E-state index in [0.717, 1.165) is 15.5 Å². The van der Waals surface area contributed by atoms with E-state index in [2.05, 4.69) is 25.9 Å². The summed E-state index contributed by atoms with van der Waals surface area (Å²) in [5, 5.41) is 0.883. The predicted octanol–water partition coefficient (Wildman–Crippen LogP) is 2.97. The minimum Gasteiger partial charge on any atom is -0.383 e. The Balaban J connectivity index is 2.48. The summed E-state index contributed by atoms with van der Waals surface area (Å²) in [7, 11) is 3.79. The van der Waals surface area contributed by atoms with Crippen molar-refractivity contribution < 1.29 is 4.79 Å². The summed E-state index contributed by atoms with van der Waals surface area (Å²) in [6.45, 7) is 1.82. The van der Waals surface area contributed by atoms with E-state index in [-0.39, 0.29) is 5.78 Å². The highest BCUT2D eigenvalue weighted by molar-refractivity contribution is 9.10. The third-order valence-corrected chi connectivity index (χ3v) is 3.02. The molecular formula is C13H14BrN3O. The summed E-state index contributed by atoms with van der Waals surface area (Å²) in [4.78, 5) is 21.4. The van der Waals surface area contributed by atoms with Crippen molar-refractivity contribution >= 4 is 32.6 Å². The minimum atomic E-state index is 0.0213. The molecule has 0 atom stereocenters. The van der Waals surface area contributed by atoms with Gasteiger partial charge >= 0.3 is 0 Å². The van der Waals surface area contributed by atoms with Crippen LogP contribution in [-0.2, 0) is 0 Å². The molecule has 0 unspecified atom stereocenters. The summed E-state index contributed by atoms with van der Waals surface area (Å²) >= 11 is 3.32. The van der Waals surface area contributed by atoms with Crippen molar-refractivity contribution in [2.24, 2.45) is 0 Å². The number of carbonyl (C=O) groups is 1. The average molecular weight is 308 g/mol. The van der Waals surface area contributed by atoms with Crippen LogP contribution >= 0.6 is 15.9 Å². The van der Waals surface area contributed by atoms with E-state index in [0.29, 0.717) is 11.1 Å². The Labute approximate surface area is 114 Å². The number of ketones is 1. The van der Waals surface area contributed by atoms with E-state index in [1.165, 1.54) is 0 Å². The van der Waals surface area contributed by atoms with E-state index in [9.17, 15) is 4.79 Å². The zero-order valence-electron chi connectivity index (χ0n) is 10.5. The maximum Gasteiger partial charge on any atom is 0.192 e. The summed E-state index contributed by atoms with van der Waals surface area (Å²) < 4.78 is 0.720. The monoisotopic (exact) mass is 307 g/mol. The molecule has 18 heavy (non-hydrogen) atoms. The third-order valence-electron chi connectivity index (χ3n) is 2.59. The average Bonchev–Trinajstić information content (AvgIpc) is 2.69. The fraction of sp³-hybridized carbons (Fsp3) is 0.231. The number of nitrogens with one attached hydrogen (secondary N) is 1. The van der Waals surface area contributed by atoms with Crippen LogP contribution < -0.4 is 0 Å². The van der Waals surface area contributed by atoms with Gasteiger partial charge in [0.1, 0.15) is 4.60 Å². The first kappa shape index (κ1) is 12.8. The van der Waals surface area contributed by atoms with Crippen molar-refractivity contribution in [2.75, 3.05) is 14.1 Å². The molecule has 2 aromatic rings. The Morgan fingerprint density at radius 3 is 2.89 bits per heavy atom. The van der Waals surface area contributed by atoms with Gasteiger partial charge in [0.25, 0.3) is 0 Å². The van der Waals surface area contributed by atoms with Gasteiger partial charge in [-0.2, -0.15) is 0 Å². The van der Waals surface area contributed by atoms with Gasteiger partial charge in [0, 0.05) is 43.0 Å². The first-order chi connectivity index (χ1) is 8.49. The second-order valence-electron chi connectivity index (χ2n) is 4.36. The van der Waals surface area contributed by atoms with E-state index >= 15 is 0 Å². The molecule has 2 heterocycles. The molecule has 2 aromatic heterocycles. The maximum absolute atomic E-state index is 12.3. The molecule has 0 aliphatic rings. The molecule has 0 saturated carbocycles. The van der Waals surface area contributed by atoms with Gasteiger partial charge in [-0.1, -0.05) is 0 Å². The summed E-state index contributed by atoms with van der Waals surface area (Å²) in [6, 6.07) is 1.85. The van der Waals surface area contributed by atoms with Crippen LogP contribution in [0, 0.1) is 0 Å². The molecule has 5 heteroatoms. The molecule has 0 saturated heterocycles. The molecule has 1 N–H and O–H groups in total. The highest BCUT2D eigenvalue weighted by Crippen LogP contribution is 2.22. The number of H-pyrrole nitrogens is 1. The fourth-order valence-electron chi connectivity index (χ4n) is 1.84. The van der Waals surface area contributed by atoms with E-state index in [1.54, 1.807) is 12.4 Å². The Morgan fingerprint density at radius 1 is 1.50 bits per heavy atom. The number of hydrogen-bond acceptors (Lipinski definition) is 3. The van der Waals surface area contributed by atoms with Crippen LogP contribution in [-0.4, -0.2) is 34.7 Å². The van der Waals surface area contributed by atoms with E-state index < -0.39 is 0 Å². The number of aromatic nitrogens is 2. The molecule has 2 rings (SSSR count). The number of allylic oxidation sites excluding steroid dienone is 1. The Kier molecular flexibility index (Phi) is 3.52. The van der Waals surface area contributed by atoms with Crippen LogP contribution in [0.4, 0.5) is 0 Å². The quantitative estimate of drug-likeness (QED) is 0.539. The number of nitrogens with zero attached hydrogens (tertiary/aromatic N) is 2. The zero-order valence-corrected chi connectivity index (χ0v) is 12.1. The normalized spacial score (nSPS) is 11.9. The number of hydrogen-bond donors (Lipinski definition) is 1. The second kappa shape index (κ2) is 4.94. The molecule has 4 nitrogen and oxygen atoms in total. The lowest BCUT2D eigenvalue weighted by Gasteiger charge is -2.07. The van der Waals surface area contributed by atoms with Crippen molar-refractivity contribution in [1.29, 1.82) is 0 Å². The largest absolute Gasteiger partial charge is 0.383 e. The van der Waals surface area contributed by atoms with Crippen LogP contribution in [0.1, 0.15) is 17.3 Å². The lowest BCUT2D eigenvalue weighted by molar-refractivity contribution is 0.103. The van der Waals surface area contributed by atoms with Gasteiger partial charge in [-0.15, -0.1) is 0 Å². The van der Waals surface area contributed by atoms with Crippen molar-refractivity contribution in [3.05, 3.63) is 40.4 Å². The van der Waals surface area contributed by atoms with Crippen LogP contribution in [0.2, 0.25) is 0 Å². The summed E-state index contributed by atoms with van der Waals surface area (Å²) in [5.74, 6) is 0.0213. The lowest BCUT2D eigenvalue weighted by atomic mass is 10.1. The molecule has 0 radical (unpaired) electrons. The maximum atomic E-state index is 12.3. The van der Waals surface area contributed by atoms with Gasteiger partial charge < -0.3 is 9.88 Å². The zero-order chi connectivity index (χ0) is 13.3. The Morgan fingerprint density at radius 2 is 2.22 bits per heavy atom. The fourth-order valence-corrected chi connectivity index (χ4v) is 2.17. The SMILES string of the molecule is CC(=CN(C)C)C(=O)c1c[nH]c2cnc(Br)cc12. The van der Waals surface area contributed by atoms with Gasteiger partial charge in [0.2, 0.25) is 0 Å². The standard InChI is InChI=1S/C13H14BrN3O/c1-8(7-17(2)3)13(18)10-5-15-11-6-16-12(14)4-9(10)11/h4-7,15H,1-3H3. The number of aromatic amines is 1. The first-order valence-electron chi connectivity index (χ1n) is 5.51. The number of rotatable bonds is 3. The minimum absolute atomic E-state index is 0.0213. The van der Waals surface area contributed by atoms with Gasteiger partial charge in [0.15, 0.2) is 5.78 Å². The van der Waals surface area contributed by atoms with Crippen molar-refractivity contribution in [2.45, 2.75) is 6.92 Å². The second-order valence-corrected chi connectivity index (χ2v) is 5.17. The molecule has 0 aromatic carbocycles. The van der Waals surface area contributed by atoms with Gasteiger partial charge in [-0.3, -0.25) is 4.79 Å². The summed E-state index contributed by atoms with van der Waals surface area (Å²) in [5.41, 5.74) is 2.23. The lowest BCUT2D eigenvalue weighted by Crippen LogP contribution is -2.07. The summed E-state index contributed by atoms with van der Waals surface area (Å²) in [6.07, 6.45) is 5.26. The van der Waals surface area contributed by atoms with E-state index in [4.69, 9.17) is 0 Å². The number of pyridine rings is 1. The number of Topliss-reactive ketones (excluding diaryl/α,β-unsaturated/α-hetero) is 1. The van der Waals surface area contributed by atoms with Gasteiger partial charge in [-0.05, 0) is 28.9 Å². The van der Waals surface area contributed by atoms with Crippen LogP contribution in [0.5, 0.6) is 0 Å². The Hall–Kier alpha value is -1.62. The molecule has 0 bridgehead atoms. The third kappa shape index (κ3) is 2.46. The highest BCUT2D eigenvalue weighted by Gasteiger charge is 2.14. The molecule has 0 aliphatic carbocycles. The van der Waals surface area contributed by atoms with Gasteiger partial charge in [0.05, 0.1) is 11.7 Å². The first-order valence-corrected chi connectivity index (χ1v) is 6.30. The number of fused-ring (bicyclic) bond motifs is 1. The van der Waals surface area contributed by atoms with Crippen LogP contribution in [0.3, 0.4) is 0 Å². The molecular weight excluding hydrogens is 294 g/mol. The van der Waals surface area contributed by atoms with Gasteiger partial charge in [-0.25, -0.2) is 4.98 Å². The highest BCUT2D eigenvalue weighted by atomic mass is 79.9. The molecule has 0 spiro atoms. The van der Waals surface area contributed by atoms with E-state index in [1.807, 2.05) is 38.2 Å². The van der Waals surface area contributed by atoms with Crippen LogP contribution in [0.15, 0.2) is 34.8 Å². The van der Waals surface area contributed by atoms with Crippen molar-refractivity contribution in [3.8, 4) is 0 Å².